The van der Waals surface area contributed by atoms with Crippen LogP contribution < -0.4 is 5.73 Å². The molecular formula is C15H29N. The Morgan fingerprint density at radius 3 is 2.06 bits per heavy atom. The molecule has 0 aromatic heterocycles. The van der Waals surface area contributed by atoms with Crippen LogP contribution in [0.4, 0.5) is 0 Å². The van der Waals surface area contributed by atoms with E-state index in [1.165, 1.54) is 5.57 Å². The van der Waals surface area contributed by atoms with Crippen LogP contribution in [0.2, 0.25) is 0 Å². The fraction of sp³-hybridized carbons (Fsp3) is 0.867. The number of hydrogen-bond acceptors (Lipinski definition) is 1. The van der Waals surface area contributed by atoms with Gasteiger partial charge in [-0.2, -0.15) is 0 Å². The van der Waals surface area contributed by atoms with E-state index in [-0.39, 0.29) is 0 Å². The van der Waals surface area contributed by atoms with Crippen molar-refractivity contribution in [2.75, 3.05) is 6.54 Å². The molecule has 4 unspecified atom stereocenters. The second-order valence-corrected chi connectivity index (χ2v) is 6.29. The summed E-state index contributed by atoms with van der Waals surface area (Å²) in [5.41, 5.74) is 9.39. The van der Waals surface area contributed by atoms with E-state index >= 15 is 0 Å². The van der Waals surface area contributed by atoms with Crippen LogP contribution in [-0.4, -0.2) is 6.54 Å². The standard InChI is InChI=1S/C15H29N/c1-9(2)15(7)13(6)14(15)12(5)11(4)10(3)8-16/h9-10,13-14H,8,16H2,1-7H3/b12-11+. The molecule has 1 rings (SSSR count). The highest BCUT2D eigenvalue weighted by atomic mass is 14.6. The van der Waals surface area contributed by atoms with Gasteiger partial charge in [0.25, 0.3) is 0 Å². The summed E-state index contributed by atoms with van der Waals surface area (Å²) in [5, 5.41) is 0. The fourth-order valence-corrected chi connectivity index (χ4v) is 3.29. The molecule has 1 heteroatoms. The van der Waals surface area contributed by atoms with E-state index < -0.39 is 0 Å². The number of rotatable bonds is 4. The van der Waals surface area contributed by atoms with Crippen molar-refractivity contribution in [2.24, 2.45) is 34.8 Å². The average molecular weight is 223 g/mol. The van der Waals surface area contributed by atoms with Gasteiger partial charge in [0.05, 0.1) is 0 Å². The Hall–Kier alpha value is -0.300. The Morgan fingerprint density at radius 1 is 1.25 bits per heavy atom. The van der Waals surface area contributed by atoms with Crippen LogP contribution in [0.3, 0.4) is 0 Å². The van der Waals surface area contributed by atoms with Crippen LogP contribution in [0, 0.1) is 29.1 Å². The molecule has 1 saturated carbocycles. The summed E-state index contributed by atoms with van der Waals surface area (Å²) in [6.45, 7) is 17.1. The molecule has 1 aliphatic carbocycles. The minimum Gasteiger partial charge on any atom is -0.330 e. The molecule has 0 heterocycles. The summed E-state index contributed by atoms with van der Waals surface area (Å²) in [7, 11) is 0. The highest BCUT2D eigenvalue weighted by Crippen LogP contribution is 2.66. The smallest absolute Gasteiger partial charge is 0.00142 e. The van der Waals surface area contributed by atoms with E-state index in [0.717, 1.165) is 24.3 Å². The Morgan fingerprint density at radius 2 is 1.75 bits per heavy atom. The second kappa shape index (κ2) is 4.52. The molecule has 0 radical (unpaired) electrons. The second-order valence-electron chi connectivity index (χ2n) is 6.29. The van der Waals surface area contributed by atoms with Gasteiger partial charge < -0.3 is 5.73 Å². The third-order valence-corrected chi connectivity index (χ3v) is 5.47. The van der Waals surface area contributed by atoms with Crippen molar-refractivity contribution in [1.29, 1.82) is 0 Å². The molecule has 0 bridgehead atoms. The van der Waals surface area contributed by atoms with Gasteiger partial charge in [-0.1, -0.05) is 45.8 Å². The van der Waals surface area contributed by atoms with Crippen LogP contribution in [0.15, 0.2) is 11.1 Å². The average Bonchev–Trinajstić information content (AvgIpc) is 2.80. The molecule has 0 aromatic carbocycles. The van der Waals surface area contributed by atoms with Crippen LogP contribution in [0.1, 0.15) is 48.5 Å². The zero-order valence-corrected chi connectivity index (χ0v) is 12.1. The molecule has 1 aliphatic rings. The predicted molar refractivity (Wildman–Crippen MR) is 72.2 cm³/mol. The summed E-state index contributed by atoms with van der Waals surface area (Å²) in [6.07, 6.45) is 0. The van der Waals surface area contributed by atoms with E-state index in [2.05, 4.69) is 48.5 Å². The predicted octanol–water partition coefficient (Wildman–Crippen LogP) is 3.85. The van der Waals surface area contributed by atoms with Crippen molar-refractivity contribution in [3.63, 3.8) is 0 Å². The SMILES string of the molecule is C/C(=C(/C)C1C(C)C1(C)C(C)C)C(C)CN. The Labute approximate surface area is 101 Å². The molecule has 1 nitrogen and oxygen atoms in total. The molecule has 0 spiro atoms. The lowest BCUT2D eigenvalue weighted by molar-refractivity contribution is 0.349. The molecule has 0 saturated heterocycles. The first-order valence-electron chi connectivity index (χ1n) is 6.65. The summed E-state index contributed by atoms with van der Waals surface area (Å²) in [6, 6.07) is 0. The van der Waals surface area contributed by atoms with E-state index in [0.29, 0.717) is 11.3 Å². The third-order valence-electron chi connectivity index (χ3n) is 5.47. The molecule has 0 aliphatic heterocycles. The van der Waals surface area contributed by atoms with Crippen molar-refractivity contribution < 1.29 is 0 Å². The first-order chi connectivity index (χ1) is 7.28. The zero-order valence-electron chi connectivity index (χ0n) is 12.1. The molecular weight excluding hydrogens is 194 g/mol. The molecule has 2 N–H and O–H groups in total. The zero-order chi connectivity index (χ0) is 12.7. The summed E-state index contributed by atoms with van der Waals surface area (Å²) in [4.78, 5) is 0. The summed E-state index contributed by atoms with van der Waals surface area (Å²) < 4.78 is 0. The largest absolute Gasteiger partial charge is 0.330 e. The third kappa shape index (κ3) is 1.95. The van der Waals surface area contributed by atoms with Gasteiger partial charge in [-0.05, 0) is 49.5 Å². The van der Waals surface area contributed by atoms with Crippen LogP contribution >= 0.6 is 0 Å². The first kappa shape index (κ1) is 13.8. The van der Waals surface area contributed by atoms with Crippen LogP contribution in [0.25, 0.3) is 0 Å². The number of nitrogens with two attached hydrogens (primary N) is 1. The molecule has 16 heavy (non-hydrogen) atoms. The van der Waals surface area contributed by atoms with Crippen LogP contribution in [-0.2, 0) is 0 Å². The Bertz CT molecular complexity index is 290. The van der Waals surface area contributed by atoms with Gasteiger partial charge in [0.2, 0.25) is 0 Å². The molecule has 4 atom stereocenters. The first-order valence-corrected chi connectivity index (χ1v) is 6.65. The minimum atomic E-state index is 0.514. The van der Waals surface area contributed by atoms with Gasteiger partial charge in [-0.3, -0.25) is 0 Å². The fourth-order valence-electron chi connectivity index (χ4n) is 3.29. The number of allylic oxidation sites excluding steroid dienone is 1. The lowest BCUT2D eigenvalue weighted by atomic mass is 9.86. The topological polar surface area (TPSA) is 26.0 Å². The molecule has 0 amide bonds. The Kier molecular flexibility index (Phi) is 3.89. The summed E-state index contributed by atoms with van der Waals surface area (Å²) in [5.74, 6) is 2.90. The quantitative estimate of drug-likeness (QED) is 0.720. The normalized spacial score (nSPS) is 37.3. The van der Waals surface area contributed by atoms with Crippen molar-refractivity contribution in [2.45, 2.75) is 48.5 Å². The van der Waals surface area contributed by atoms with Gasteiger partial charge in [0.1, 0.15) is 0 Å². The molecule has 0 aromatic rings. The maximum absolute atomic E-state index is 5.76. The van der Waals surface area contributed by atoms with Gasteiger partial charge in [0, 0.05) is 0 Å². The molecule has 94 valence electrons. The maximum Gasteiger partial charge on any atom is -0.00142 e. The van der Waals surface area contributed by atoms with Gasteiger partial charge in [-0.15, -0.1) is 0 Å². The van der Waals surface area contributed by atoms with Crippen molar-refractivity contribution >= 4 is 0 Å². The molecule has 1 fully saturated rings. The number of hydrogen-bond donors (Lipinski definition) is 1. The minimum absolute atomic E-state index is 0.514. The van der Waals surface area contributed by atoms with Crippen molar-refractivity contribution in [3.8, 4) is 0 Å². The summed E-state index contributed by atoms with van der Waals surface area (Å²) >= 11 is 0. The van der Waals surface area contributed by atoms with Crippen molar-refractivity contribution in [3.05, 3.63) is 11.1 Å². The highest BCUT2D eigenvalue weighted by Gasteiger charge is 2.60. The highest BCUT2D eigenvalue weighted by molar-refractivity contribution is 5.28. The van der Waals surface area contributed by atoms with E-state index in [1.54, 1.807) is 5.57 Å². The van der Waals surface area contributed by atoms with Gasteiger partial charge >= 0.3 is 0 Å². The Balaban J connectivity index is 2.90. The monoisotopic (exact) mass is 223 g/mol. The van der Waals surface area contributed by atoms with E-state index in [4.69, 9.17) is 5.73 Å². The van der Waals surface area contributed by atoms with E-state index in [1.807, 2.05) is 0 Å². The van der Waals surface area contributed by atoms with Crippen molar-refractivity contribution in [1.82, 2.24) is 0 Å². The lowest BCUT2D eigenvalue weighted by Crippen LogP contribution is -2.14. The lowest BCUT2D eigenvalue weighted by Gasteiger charge is -2.19. The van der Waals surface area contributed by atoms with Gasteiger partial charge in [-0.25, -0.2) is 0 Å². The maximum atomic E-state index is 5.76. The van der Waals surface area contributed by atoms with E-state index in [9.17, 15) is 0 Å². The van der Waals surface area contributed by atoms with Crippen LogP contribution in [0.5, 0.6) is 0 Å². The van der Waals surface area contributed by atoms with Gasteiger partial charge in [0.15, 0.2) is 0 Å².